The molecule has 0 bridgehead atoms. The molecule has 0 heterocycles. The van der Waals surface area contributed by atoms with E-state index in [2.05, 4.69) is 0 Å². The Kier molecular flexibility index (Phi) is 3.50. The monoisotopic (exact) mass is 230 g/mol. The van der Waals surface area contributed by atoms with Gasteiger partial charge >= 0.3 is 0 Å². The quantitative estimate of drug-likeness (QED) is 0.754. The number of halogens is 1. The maximum atomic E-state index is 13.0. The lowest BCUT2D eigenvalue weighted by Crippen LogP contribution is -1.96. The highest BCUT2D eigenvalue weighted by atomic mass is 19.1. The fourth-order valence-electron chi connectivity index (χ4n) is 1.44. The summed E-state index contributed by atoms with van der Waals surface area (Å²) in [4.78, 5) is 10.6. The van der Waals surface area contributed by atoms with Gasteiger partial charge in [0.15, 0.2) is 6.29 Å². The molecular weight excluding hydrogens is 219 g/mol. The van der Waals surface area contributed by atoms with Crippen molar-refractivity contribution >= 4 is 6.29 Å². The third kappa shape index (κ3) is 2.91. The van der Waals surface area contributed by atoms with Gasteiger partial charge < -0.3 is 4.74 Å². The fraction of sp³-hybridized carbons (Fsp3) is 0.0714. The van der Waals surface area contributed by atoms with Crippen LogP contribution in [0.25, 0.3) is 0 Å². The Morgan fingerprint density at radius 3 is 2.59 bits per heavy atom. The number of hydrogen-bond donors (Lipinski definition) is 0. The van der Waals surface area contributed by atoms with E-state index >= 15 is 0 Å². The molecule has 3 heteroatoms. The molecule has 2 rings (SSSR count). The van der Waals surface area contributed by atoms with E-state index in [4.69, 9.17) is 4.74 Å². The second kappa shape index (κ2) is 5.25. The number of hydrogen-bond acceptors (Lipinski definition) is 2. The lowest BCUT2D eigenvalue weighted by molar-refractivity contribution is 0.111. The smallest absolute Gasteiger partial charge is 0.153 e. The molecule has 0 aliphatic carbocycles. The highest BCUT2D eigenvalue weighted by Gasteiger charge is 2.03. The van der Waals surface area contributed by atoms with Crippen molar-refractivity contribution in [1.82, 2.24) is 0 Å². The van der Waals surface area contributed by atoms with Crippen LogP contribution in [-0.4, -0.2) is 6.29 Å². The zero-order valence-corrected chi connectivity index (χ0v) is 9.10. The molecule has 2 aromatic rings. The van der Waals surface area contributed by atoms with Crippen LogP contribution in [0.3, 0.4) is 0 Å². The summed E-state index contributed by atoms with van der Waals surface area (Å²) in [6.45, 7) is 0.394. The normalized spacial score (nSPS) is 9.94. The van der Waals surface area contributed by atoms with Gasteiger partial charge in [-0.15, -0.1) is 0 Å². The van der Waals surface area contributed by atoms with E-state index in [1.807, 2.05) is 30.3 Å². The lowest BCUT2D eigenvalue weighted by atomic mass is 10.2. The van der Waals surface area contributed by atoms with Gasteiger partial charge in [0.1, 0.15) is 18.2 Å². The van der Waals surface area contributed by atoms with Gasteiger partial charge in [-0.05, 0) is 23.8 Å². The van der Waals surface area contributed by atoms with Gasteiger partial charge in [-0.2, -0.15) is 0 Å². The minimum absolute atomic E-state index is 0.00978. The second-order valence-electron chi connectivity index (χ2n) is 3.58. The van der Waals surface area contributed by atoms with Crippen molar-refractivity contribution in [2.45, 2.75) is 6.61 Å². The fourth-order valence-corrected chi connectivity index (χ4v) is 1.44. The van der Waals surface area contributed by atoms with Crippen molar-refractivity contribution in [1.29, 1.82) is 0 Å². The van der Waals surface area contributed by atoms with E-state index in [1.54, 1.807) is 0 Å². The van der Waals surface area contributed by atoms with Crippen LogP contribution in [0.4, 0.5) is 4.39 Å². The van der Waals surface area contributed by atoms with Crippen molar-refractivity contribution in [2.75, 3.05) is 0 Å². The van der Waals surface area contributed by atoms with Gasteiger partial charge in [0.2, 0.25) is 0 Å². The molecule has 0 atom stereocenters. The maximum Gasteiger partial charge on any atom is 0.153 e. The second-order valence-corrected chi connectivity index (χ2v) is 3.58. The summed E-state index contributed by atoms with van der Waals surface area (Å²) in [7, 11) is 0. The molecule has 0 fully saturated rings. The van der Waals surface area contributed by atoms with Crippen LogP contribution < -0.4 is 4.74 Å². The highest BCUT2D eigenvalue weighted by molar-refractivity contribution is 5.75. The van der Waals surface area contributed by atoms with E-state index in [0.717, 1.165) is 5.56 Å². The Morgan fingerprint density at radius 2 is 1.88 bits per heavy atom. The molecule has 2 nitrogen and oxygen atoms in total. The average molecular weight is 230 g/mol. The first-order valence-corrected chi connectivity index (χ1v) is 5.21. The first-order chi connectivity index (χ1) is 8.29. The number of carbonyl (C=O) groups excluding carboxylic acids is 1. The molecule has 86 valence electrons. The molecule has 0 unspecified atom stereocenters. The SMILES string of the molecule is O=Cc1cc(OCc2ccccc2)ccc1F. The Balaban J connectivity index is 2.07. The minimum Gasteiger partial charge on any atom is -0.489 e. The van der Waals surface area contributed by atoms with Gasteiger partial charge in [0.05, 0.1) is 5.56 Å². The van der Waals surface area contributed by atoms with Crippen LogP contribution in [0.15, 0.2) is 48.5 Å². The Bertz CT molecular complexity index is 509. The lowest BCUT2D eigenvalue weighted by Gasteiger charge is -2.06. The first kappa shape index (κ1) is 11.3. The average Bonchev–Trinajstić information content (AvgIpc) is 2.39. The van der Waals surface area contributed by atoms with Gasteiger partial charge in [-0.25, -0.2) is 4.39 Å². The standard InChI is InChI=1S/C14H11FO2/c15-14-7-6-13(8-12(14)9-16)17-10-11-4-2-1-3-5-11/h1-9H,10H2. The first-order valence-electron chi connectivity index (χ1n) is 5.21. The van der Waals surface area contributed by atoms with Crippen LogP contribution in [-0.2, 0) is 6.61 Å². The zero-order chi connectivity index (χ0) is 12.1. The van der Waals surface area contributed by atoms with E-state index in [1.165, 1.54) is 18.2 Å². The van der Waals surface area contributed by atoms with Crippen LogP contribution in [0.2, 0.25) is 0 Å². The van der Waals surface area contributed by atoms with Crippen LogP contribution >= 0.6 is 0 Å². The molecule has 0 saturated carbocycles. The Hall–Kier alpha value is -2.16. The maximum absolute atomic E-state index is 13.0. The molecule has 0 aromatic heterocycles. The topological polar surface area (TPSA) is 26.3 Å². The number of benzene rings is 2. The predicted molar refractivity (Wildman–Crippen MR) is 62.6 cm³/mol. The van der Waals surface area contributed by atoms with Crippen molar-refractivity contribution in [3.8, 4) is 5.75 Å². The van der Waals surface area contributed by atoms with Gasteiger partial charge in [0, 0.05) is 0 Å². The predicted octanol–water partition coefficient (Wildman–Crippen LogP) is 3.22. The zero-order valence-electron chi connectivity index (χ0n) is 9.10. The molecule has 0 spiro atoms. The molecule has 0 amide bonds. The molecular formula is C14H11FO2. The molecule has 0 radical (unpaired) electrons. The number of rotatable bonds is 4. The summed E-state index contributed by atoms with van der Waals surface area (Å²) in [5, 5.41) is 0. The van der Waals surface area contributed by atoms with Crippen molar-refractivity contribution in [3.63, 3.8) is 0 Å². The molecule has 0 N–H and O–H groups in total. The number of carbonyl (C=O) groups is 1. The van der Waals surface area contributed by atoms with Crippen molar-refractivity contribution in [3.05, 3.63) is 65.5 Å². The van der Waals surface area contributed by atoms with E-state index < -0.39 is 5.82 Å². The summed E-state index contributed by atoms with van der Waals surface area (Å²) in [5.41, 5.74) is 1.03. The molecule has 0 saturated heterocycles. The van der Waals surface area contributed by atoms with E-state index in [0.29, 0.717) is 18.6 Å². The minimum atomic E-state index is -0.535. The van der Waals surface area contributed by atoms with E-state index in [9.17, 15) is 9.18 Å². The van der Waals surface area contributed by atoms with E-state index in [-0.39, 0.29) is 5.56 Å². The van der Waals surface area contributed by atoms with Crippen LogP contribution in [0.1, 0.15) is 15.9 Å². The van der Waals surface area contributed by atoms with Gasteiger partial charge in [0.25, 0.3) is 0 Å². The Labute approximate surface area is 98.7 Å². The Morgan fingerprint density at radius 1 is 1.12 bits per heavy atom. The van der Waals surface area contributed by atoms with Crippen molar-refractivity contribution in [2.24, 2.45) is 0 Å². The summed E-state index contributed by atoms with van der Waals surface area (Å²) in [6, 6.07) is 13.8. The summed E-state index contributed by atoms with van der Waals surface area (Å²) in [5.74, 6) is -0.0515. The largest absolute Gasteiger partial charge is 0.489 e. The summed E-state index contributed by atoms with van der Waals surface area (Å²) in [6.07, 6.45) is 0.477. The third-order valence-corrected chi connectivity index (χ3v) is 2.34. The van der Waals surface area contributed by atoms with Crippen molar-refractivity contribution < 1.29 is 13.9 Å². The van der Waals surface area contributed by atoms with Gasteiger partial charge in [-0.3, -0.25) is 4.79 Å². The summed E-state index contributed by atoms with van der Waals surface area (Å²) >= 11 is 0. The van der Waals surface area contributed by atoms with Gasteiger partial charge in [-0.1, -0.05) is 30.3 Å². The third-order valence-electron chi connectivity index (χ3n) is 2.34. The molecule has 17 heavy (non-hydrogen) atoms. The molecule has 0 aliphatic heterocycles. The highest BCUT2D eigenvalue weighted by Crippen LogP contribution is 2.16. The van der Waals surface area contributed by atoms with Crippen LogP contribution in [0.5, 0.6) is 5.75 Å². The molecule has 0 aliphatic rings. The molecule has 2 aromatic carbocycles. The summed E-state index contributed by atoms with van der Waals surface area (Å²) < 4.78 is 18.5. The number of ether oxygens (including phenoxy) is 1. The number of aldehydes is 1. The van der Waals surface area contributed by atoms with Crippen LogP contribution in [0, 0.1) is 5.82 Å².